The van der Waals surface area contributed by atoms with Gasteiger partial charge in [-0.15, -0.1) is 0 Å². The molecule has 0 saturated carbocycles. The Morgan fingerprint density at radius 2 is 2.17 bits per heavy atom. The molecule has 0 aromatic carbocycles. The van der Waals surface area contributed by atoms with E-state index in [1.807, 2.05) is 6.07 Å². The maximum absolute atomic E-state index is 11.4. The highest BCUT2D eigenvalue weighted by Gasteiger charge is 2.21. The van der Waals surface area contributed by atoms with Crippen LogP contribution in [0, 0.1) is 17.2 Å². The van der Waals surface area contributed by atoms with Crippen LogP contribution >= 0.6 is 0 Å². The van der Waals surface area contributed by atoms with Crippen molar-refractivity contribution in [2.75, 3.05) is 26.3 Å². The summed E-state index contributed by atoms with van der Waals surface area (Å²) in [5.41, 5.74) is 0. The van der Waals surface area contributed by atoms with E-state index >= 15 is 0 Å². The molecule has 1 heterocycles. The minimum absolute atomic E-state index is 0.0826. The molecule has 1 atom stereocenters. The third-order valence-corrected chi connectivity index (χ3v) is 1.89. The summed E-state index contributed by atoms with van der Waals surface area (Å²) in [5.74, 6) is -0.607. The fourth-order valence-electron chi connectivity index (χ4n) is 1.11. The summed E-state index contributed by atoms with van der Waals surface area (Å²) in [6.07, 6.45) is 0. The van der Waals surface area contributed by atoms with Gasteiger partial charge >= 0.3 is 0 Å². The fourth-order valence-corrected chi connectivity index (χ4v) is 1.11. The molecule has 4 nitrogen and oxygen atoms in total. The third kappa shape index (κ3) is 1.95. The second-order valence-electron chi connectivity index (χ2n) is 2.79. The zero-order valence-corrected chi connectivity index (χ0v) is 7.12. The molecule has 66 valence electrons. The molecule has 1 fully saturated rings. The van der Waals surface area contributed by atoms with Crippen molar-refractivity contribution >= 4 is 5.91 Å². The Bertz CT molecular complexity index is 204. The van der Waals surface area contributed by atoms with E-state index in [4.69, 9.17) is 10.00 Å². The monoisotopic (exact) mass is 168 g/mol. The predicted molar refractivity (Wildman–Crippen MR) is 42.2 cm³/mol. The molecule has 0 aliphatic carbocycles. The van der Waals surface area contributed by atoms with Crippen LogP contribution in [0.2, 0.25) is 0 Å². The summed E-state index contributed by atoms with van der Waals surface area (Å²) in [6, 6.07) is 1.93. The average molecular weight is 168 g/mol. The minimum atomic E-state index is -0.525. The van der Waals surface area contributed by atoms with Crippen LogP contribution in [0.25, 0.3) is 0 Å². The summed E-state index contributed by atoms with van der Waals surface area (Å²) >= 11 is 0. The van der Waals surface area contributed by atoms with Crippen LogP contribution in [0.1, 0.15) is 6.92 Å². The molecule has 1 amide bonds. The first-order valence-electron chi connectivity index (χ1n) is 4.02. The van der Waals surface area contributed by atoms with Crippen molar-refractivity contribution < 1.29 is 9.53 Å². The van der Waals surface area contributed by atoms with Crippen LogP contribution in [0.4, 0.5) is 0 Å². The quantitative estimate of drug-likeness (QED) is 0.554. The van der Waals surface area contributed by atoms with Gasteiger partial charge in [-0.25, -0.2) is 0 Å². The number of nitriles is 1. The maximum Gasteiger partial charge on any atom is 0.239 e. The molecular formula is C8H12N2O2. The number of amides is 1. The van der Waals surface area contributed by atoms with E-state index in [9.17, 15) is 4.79 Å². The number of carbonyl (C=O) groups excluding carboxylic acids is 1. The molecule has 12 heavy (non-hydrogen) atoms. The van der Waals surface area contributed by atoms with Gasteiger partial charge in [0.1, 0.15) is 5.92 Å². The summed E-state index contributed by atoms with van der Waals surface area (Å²) in [7, 11) is 0. The van der Waals surface area contributed by atoms with Gasteiger partial charge < -0.3 is 9.64 Å². The van der Waals surface area contributed by atoms with Gasteiger partial charge in [-0.2, -0.15) is 5.26 Å². The SMILES string of the molecule is CC(C#N)C(=O)N1CCOCC1. The molecule has 1 aliphatic heterocycles. The molecule has 0 spiro atoms. The Kier molecular flexibility index (Phi) is 3.06. The van der Waals surface area contributed by atoms with Crippen molar-refractivity contribution in [2.24, 2.45) is 5.92 Å². The third-order valence-electron chi connectivity index (χ3n) is 1.89. The molecule has 0 radical (unpaired) electrons. The standard InChI is InChI=1S/C8H12N2O2/c1-7(6-9)8(11)10-2-4-12-5-3-10/h7H,2-5H2,1H3. The molecule has 1 unspecified atom stereocenters. The Hall–Kier alpha value is -1.08. The van der Waals surface area contributed by atoms with E-state index in [-0.39, 0.29) is 5.91 Å². The van der Waals surface area contributed by atoms with E-state index < -0.39 is 5.92 Å². The van der Waals surface area contributed by atoms with Gasteiger partial charge in [0.2, 0.25) is 5.91 Å². The zero-order chi connectivity index (χ0) is 8.97. The predicted octanol–water partition coefficient (Wildman–Crippen LogP) is 0.00488. The average Bonchev–Trinajstić information content (AvgIpc) is 2.17. The lowest BCUT2D eigenvalue weighted by molar-refractivity contribution is -0.137. The number of morpholine rings is 1. The number of hydrogen-bond acceptors (Lipinski definition) is 3. The van der Waals surface area contributed by atoms with Gasteiger partial charge in [0, 0.05) is 13.1 Å². The van der Waals surface area contributed by atoms with Crippen molar-refractivity contribution in [3.05, 3.63) is 0 Å². The van der Waals surface area contributed by atoms with Crippen LogP contribution in [-0.2, 0) is 9.53 Å². The first-order chi connectivity index (χ1) is 5.75. The summed E-state index contributed by atoms with van der Waals surface area (Å²) in [6.45, 7) is 4.03. The summed E-state index contributed by atoms with van der Waals surface area (Å²) < 4.78 is 5.09. The molecule has 0 N–H and O–H groups in total. The van der Waals surface area contributed by atoms with Gasteiger partial charge in [-0.05, 0) is 6.92 Å². The Labute approximate surface area is 71.7 Å². The lowest BCUT2D eigenvalue weighted by Crippen LogP contribution is -2.42. The molecule has 4 heteroatoms. The topological polar surface area (TPSA) is 53.3 Å². The zero-order valence-electron chi connectivity index (χ0n) is 7.12. The van der Waals surface area contributed by atoms with Crippen molar-refractivity contribution in [1.29, 1.82) is 5.26 Å². The smallest absolute Gasteiger partial charge is 0.239 e. The van der Waals surface area contributed by atoms with Gasteiger partial charge in [0.15, 0.2) is 0 Å². The minimum Gasteiger partial charge on any atom is -0.378 e. The highest BCUT2D eigenvalue weighted by molar-refractivity contribution is 5.80. The van der Waals surface area contributed by atoms with E-state index in [1.54, 1.807) is 11.8 Å². The van der Waals surface area contributed by atoms with E-state index in [0.717, 1.165) is 0 Å². The number of nitrogens with zero attached hydrogens (tertiary/aromatic N) is 2. The Morgan fingerprint density at radius 1 is 1.58 bits per heavy atom. The first kappa shape index (κ1) is 9.01. The van der Waals surface area contributed by atoms with Gasteiger partial charge in [0.05, 0.1) is 19.3 Å². The Balaban J connectivity index is 2.46. The molecule has 0 bridgehead atoms. The second kappa shape index (κ2) is 4.07. The van der Waals surface area contributed by atoms with E-state index in [1.165, 1.54) is 0 Å². The first-order valence-corrected chi connectivity index (χ1v) is 4.02. The second-order valence-corrected chi connectivity index (χ2v) is 2.79. The molecule has 1 rings (SSSR count). The van der Waals surface area contributed by atoms with Crippen LogP contribution < -0.4 is 0 Å². The number of carbonyl (C=O) groups is 1. The van der Waals surface area contributed by atoms with Crippen LogP contribution in [-0.4, -0.2) is 37.1 Å². The summed E-state index contributed by atoms with van der Waals surface area (Å²) in [5, 5.41) is 8.51. The number of ether oxygens (including phenoxy) is 1. The largest absolute Gasteiger partial charge is 0.378 e. The lowest BCUT2D eigenvalue weighted by Gasteiger charge is -2.27. The number of hydrogen-bond donors (Lipinski definition) is 0. The van der Waals surface area contributed by atoms with Crippen molar-refractivity contribution in [2.45, 2.75) is 6.92 Å². The van der Waals surface area contributed by atoms with E-state index in [2.05, 4.69) is 0 Å². The van der Waals surface area contributed by atoms with Crippen molar-refractivity contribution in [1.82, 2.24) is 4.90 Å². The van der Waals surface area contributed by atoms with E-state index in [0.29, 0.717) is 26.3 Å². The van der Waals surface area contributed by atoms with Crippen LogP contribution in [0.15, 0.2) is 0 Å². The Morgan fingerprint density at radius 3 is 2.67 bits per heavy atom. The van der Waals surface area contributed by atoms with Crippen LogP contribution in [0.5, 0.6) is 0 Å². The molecular weight excluding hydrogens is 156 g/mol. The lowest BCUT2D eigenvalue weighted by atomic mass is 10.2. The van der Waals surface area contributed by atoms with Gasteiger partial charge in [-0.3, -0.25) is 4.79 Å². The number of rotatable bonds is 1. The molecule has 0 aromatic rings. The van der Waals surface area contributed by atoms with Gasteiger partial charge in [-0.1, -0.05) is 0 Å². The molecule has 1 saturated heterocycles. The summed E-state index contributed by atoms with van der Waals surface area (Å²) in [4.78, 5) is 13.1. The highest BCUT2D eigenvalue weighted by Crippen LogP contribution is 2.04. The van der Waals surface area contributed by atoms with Crippen molar-refractivity contribution in [3.8, 4) is 6.07 Å². The molecule has 1 aliphatic rings. The van der Waals surface area contributed by atoms with Crippen molar-refractivity contribution in [3.63, 3.8) is 0 Å². The van der Waals surface area contributed by atoms with Crippen LogP contribution in [0.3, 0.4) is 0 Å². The maximum atomic E-state index is 11.4. The normalized spacial score (nSPS) is 19.8. The highest BCUT2D eigenvalue weighted by atomic mass is 16.5. The fraction of sp³-hybridized carbons (Fsp3) is 0.750. The van der Waals surface area contributed by atoms with Gasteiger partial charge in [0.25, 0.3) is 0 Å². The molecule has 0 aromatic heterocycles.